The molecular weight excluding hydrogens is 366 g/mol. The van der Waals surface area contributed by atoms with Crippen LogP contribution in [0.4, 0.5) is 0 Å². The lowest BCUT2D eigenvalue weighted by molar-refractivity contribution is 0.0783. The molecule has 0 radical (unpaired) electrons. The van der Waals surface area contributed by atoms with Crippen molar-refractivity contribution in [1.82, 2.24) is 15.2 Å². The number of carbonyl (C=O) groups is 1. The Morgan fingerprint density at radius 2 is 1.92 bits per heavy atom. The van der Waals surface area contributed by atoms with Crippen molar-refractivity contribution in [3.8, 4) is 10.6 Å². The molecule has 0 spiro atoms. The van der Waals surface area contributed by atoms with Gasteiger partial charge in [-0.1, -0.05) is 29.8 Å². The largest absolute Gasteiger partial charge is 0.338 e. The Morgan fingerprint density at radius 3 is 2.65 bits per heavy atom. The first-order valence-electron chi connectivity index (χ1n) is 8.84. The molecular formula is C20H18ClN3OS. The van der Waals surface area contributed by atoms with Crippen molar-refractivity contribution in [1.29, 1.82) is 0 Å². The van der Waals surface area contributed by atoms with Crippen LogP contribution in [0.1, 0.15) is 10.4 Å². The number of rotatable bonds is 2. The number of aromatic nitrogens is 1. The van der Waals surface area contributed by atoms with E-state index < -0.39 is 0 Å². The number of amides is 1. The molecule has 4 heterocycles. The Hall–Kier alpha value is -1.95. The highest BCUT2D eigenvalue weighted by atomic mass is 35.5. The lowest BCUT2D eigenvalue weighted by Crippen LogP contribution is -2.32. The molecule has 2 aliphatic rings. The molecule has 1 aromatic carbocycles. The van der Waals surface area contributed by atoms with Crippen LogP contribution in [0.5, 0.6) is 0 Å². The lowest BCUT2D eigenvalue weighted by atomic mass is 10.0. The number of para-hydroxylation sites is 1. The van der Waals surface area contributed by atoms with Crippen molar-refractivity contribution in [2.24, 2.45) is 11.8 Å². The molecule has 1 amide bonds. The topological polar surface area (TPSA) is 45.2 Å². The van der Waals surface area contributed by atoms with E-state index in [4.69, 9.17) is 16.6 Å². The third-order valence-electron chi connectivity index (χ3n) is 5.45. The second-order valence-electron chi connectivity index (χ2n) is 7.06. The number of hydrogen-bond donors (Lipinski definition) is 1. The Balaban J connectivity index is 1.58. The Morgan fingerprint density at radius 1 is 1.15 bits per heavy atom. The van der Waals surface area contributed by atoms with Gasteiger partial charge in [0, 0.05) is 31.6 Å². The molecule has 0 bridgehead atoms. The third-order valence-corrected chi connectivity index (χ3v) is 6.70. The van der Waals surface area contributed by atoms with Crippen LogP contribution < -0.4 is 5.32 Å². The van der Waals surface area contributed by atoms with Gasteiger partial charge in [-0.25, -0.2) is 4.98 Å². The minimum absolute atomic E-state index is 0.113. The fourth-order valence-electron chi connectivity index (χ4n) is 4.12. The number of likely N-dealkylation sites (tertiary alicyclic amines) is 1. The summed E-state index contributed by atoms with van der Waals surface area (Å²) in [6, 6.07) is 13.6. The number of fused-ring (bicyclic) bond motifs is 2. The average molecular weight is 384 g/mol. The van der Waals surface area contributed by atoms with Gasteiger partial charge in [-0.05, 0) is 36.1 Å². The highest BCUT2D eigenvalue weighted by molar-refractivity contribution is 7.19. The number of nitrogens with one attached hydrogen (secondary N) is 1. The SMILES string of the molecule is O=C(c1cc(-c2ccc(Cl)s2)nc2ccccc12)N1C[C@H]2CNC[C@H]2C1. The van der Waals surface area contributed by atoms with Gasteiger partial charge in [0.15, 0.2) is 0 Å². The van der Waals surface area contributed by atoms with E-state index in [9.17, 15) is 4.79 Å². The molecule has 6 heteroatoms. The summed E-state index contributed by atoms with van der Waals surface area (Å²) in [5.41, 5.74) is 2.40. The van der Waals surface area contributed by atoms with Gasteiger partial charge in [0.05, 0.1) is 26.0 Å². The number of halogens is 1. The highest BCUT2D eigenvalue weighted by Gasteiger charge is 2.38. The summed E-state index contributed by atoms with van der Waals surface area (Å²) in [6.45, 7) is 3.72. The summed E-state index contributed by atoms with van der Waals surface area (Å²) in [4.78, 5) is 21.1. The fourth-order valence-corrected chi connectivity index (χ4v) is 5.13. The summed E-state index contributed by atoms with van der Waals surface area (Å²) in [5.74, 6) is 1.28. The molecule has 26 heavy (non-hydrogen) atoms. The number of benzene rings is 1. The second kappa shape index (κ2) is 6.34. The van der Waals surface area contributed by atoms with Gasteiger partial charge in [0.2, 0.25) is 0 Å². The van der Waals surface area contributed by atoms with Crippen molar-refractivity contribution in [2.75, 3.05) is 26.2 Å². The number of carbonyl (C=O) groups excluding carboxylic acids is 1. The number of hydrogen-bond acceptors (Lipinski definition) is 4. The third kappa shape index (κ3) is 2.71. The van der Waals surface area contributed by atoms with Gasteiger partial charge >= 0.3 is 0 Å². The van der Waals surface area contributed by atoms with Gasteiger partial charge in [0.1, 0.15) is 0 Å². The summed E-state index contributed by atoms with van der Waals surface area (Å²) in [5, 5.41) is 4.34. The summed E-state index contributed by atoms with van der Waals surface area (Å²) in [6.07, 6.45) is 0. The van der Waals surface area contributed by atoms with Crippen LogP contribution in [-0.2, 0) is 0 Å². The van der Waals surface area contributed by atoms with E-state index in [0.717, 1.165) is 57.6 Å². The van der Waals surface area contributed by atoms with Crippen LogP contribution in [-0.4, -0.2) is 42.0 Å². The zero-order valence-electron chi connectivity index (χ0n) is 14.1. The number of thiophene rings is 1. The maximum Gasteiger partial charge on any atom is 0.254 e. The van der Waals surface area contributed by atoms with E-state index in [0.29, 0.717) is 11.8 Å². The van der Waals surface area contributed by atoms with Gasteiger partial charge in [0.25, 0.3) is 5.91 Å². The molecule has 0 saturated carbocycles. The monoisotopic (exact) mass is 383 g/mol. The lowest BCUT2D eigenvalue weighted by Gasteiger charge is -2.19. The molecule has 4 nitrogen and oxygen atoms in total. The zero-order valence-corrected chi connectivity index (χ0v) is 15.7. The Bertz CT molecular complexity index is 990. The summed E-state index contributed by atoms with van der Waals surface area (Å²) >= 11 is 7.58. The standard InChI is InChI=1S/C20H18ClN3OS/c21-19-6-5-18(26-19)17-7-15(14-3-1-2-4-16(14)23-17)20(25)24-10-12-8-22-9-13(12)11-24/h1-7,12-13,22H,8-11H2/t12-,13+. The van der Waals surface area contributed by atoms with E-state index in [1.54, 1.807) is 0 Å². The van der Waals surface area contributed by atoms with E-state index >= 15 is 0 Å². The molecule has 2 aromatic heterocycles. The van der Waals surface area contributed by atoms with Gasteiger partial charge in [-0.2, -0.15) is 0 Å². The predicted octanol–water partition coefficient (Wildman–Crippen LogP) is 3.91. The minimum Gasteiger partial charge on any atom is -0.338 e. The van der Waals surface area contributed by atoms with Crippen LogP contribution in [0, 0.1) is 11.8 Å². The first kappa shape index (κ1) is 16.2. The highest BCUT2D eigenvalue weighted by Crippen LogP contribution is 2.34. The molecule has 2 saturated heterocycles. The quantitative estimate of drug-likeness (QED) is 0.729. The second-order valence-corrected chi connectivity index (χ2v) is 8.78. The number of nitrogens with zero attached hydrogens (tertiary/aromatic N) is 2. The van der Waals surface area contributed by atoms with Crippen molar-refractivity contribution in [2.45, 2.75) is 0 Å². The molecule has 1 N–H and O–H groups in total. The van der Waals surface area contributed by atoms with Crippen LogP contribution in [0.3, 0.4) is 0 Å². The summed E-state index contributed by atoms with van der Waals surface area (Å²) in [7, 11) is 0. The molecule has 0 unspecified atom stereocenters. The average Bonchev–Trinajstić information content (AvgIpc) is 3.36. The van der Waals surface area contributed by atoms with Gasteiger partial charge in [-0.3, -0.25) is 4.79 Å². The molecule has 3 aromatic rings. The van der Waals surface area contributed by atoms with E-state index in [-0.39, 0.29) is 5.91 Å². The first-order chi connectivity index (χ1) is 12.7. The van der Waals surface area contributed by atoms with Gasteiger partial charge in [-0.15, -0.1) is 11.3 Å². The summed E-state index contributed by atoms with van der Waals surface area (Å²) < 4.78 is 0.725. The smallest absolute Gasteiger partial charge is 0.254 e. The Labute approximate surface area is 160 Å². The predicted molar refractivity (Wildman–Crippen MR) is 106 cm³/mol. The maximum atomic E-state index is 13.3. The van der Waals surface area contributed by atoms with E-state index in [1.165, 1.54) is 11.3 Å². The van der Waals surface area contributed by atoms with Crippen LogP contribution >= 0.6 is 22.9 Å². The van der Waals surface area contributed by atoms with Crippen LogP contribution in [0.2, 0.25) is 4.34 Å². The van der Waals surface area contributed by atoms with Crippen molar-refractivity contribution in [3.63, 3.8) is 0 Å². The normalized spacial score (nSPS) is 22.1. The molecule has 132 valence electrons. The first-order valence-corrected chi connectivity index (χ1v) is 10.0. The van der Waals surface area contributed by atoms with E-state index in [2.05, 4.69) is 5.32 Å². The maximum absolute atomic E-state index is 13.3. The van der Waals surface area contributed by atoms with Crippen LogP contribution in [0.25, 0.3) is 21.5 Å². The van der Waals surface area contributed by atoms with Gasteiger partial charge < -0.3 is 10.2 Å². The van der Waals surface area contributed by atoms with Crippen molar-refractivity contribution < 1.29 is 4.79 Å². The molecule has 5 rings (SSSR count). The molecule has 2 atom stereocenters. The Kier molecular flexibility index (Phi) is 3.96. The molecule has 2 aliphatic heterocycles. The zero-order chi connectivity index (χ0) is 17.7. The van der Waals surface area contributed by atoms with E-state index in [1.807, 2.05) is 47.4 Å². The minimum atomic E-state index is 0.113. The molecule has 2 fully saturated rings. The number of pyridine rings is 1. The molecule has 0 aliphatic carbocycles. The fraction of sp³-hybridized carbons (Fsp3) is 0.300. The van der Waals surface area contributed by atoms with Crippen molar-refractivity contribution >= 4 is 39.7 Å². The van der Waals surface area contributed by atoms with Crippen LogP contribution in [0.15, 0.2) is 42.5 Å². The van der Waals surface area contributed by atoms with Crippen molar-refractivity contribution in [3.05, 3.63) is 52.4 Å².